The molecule has 22 heteroatoms. The fourth-order valence-corrected chi connectivity index (χ4v) is 7.96. The van der Waals surface area contributed by atoms with Crippen molar-refractivity contribution in [2.75, 3.05) is 90.6 Å². The van der Waals surface area contributed by atoms with Gasteiger partial charge in [-0.2, -0.15) is 16.9 Å². The van der Waals surface area contributed by atoms with Crippen molar-refractivity contribution < 1.29 is 54.3 Å². The van der Waals surface area contributed by atoms with E-state index in [-0.39, 0.29) is 47.0 Å². The Hall–Kier alpha value is 0.0344. The van der Waals surface area contributed by atoms with Gasteiger partial charge in [-0.15, -0.1) is 0 Å². The molecule has 14 nitrogen and oxygen atoms in total. The van der Waals surface area contributed by atoms with Crippen LogP contribution >= 0.6 is 77.7 Å². The molecule has 0 spiro atoms. The van der Waals surface area contributed by atoms with Crippen molar-refractivity contribution in [1.82, 2.24) is 19.9 Å². The number of anilines is 2. The van der Waals surface area contributed by atoms with E-state index >= 15 is 0 Å². The molecule has 4 aliphatic heterocycles. The molecule has 5 aliphatic rings. The Morgan fingerprint density at radius 3 is 1.69 bits per heavy atom. The number of hydrogen-bond acceptors (Lipinski definition) is 14. The summed E-state index contributed by atoms with van der Waals surface area (Å²) in [7, 11) is -6.52. The van der Waals surface area contributed by atoms with E-state index in [2.05, 4.69) is 86.2 Å². The van der Waals surface area contributed by atoms with Crippen LogP contribution in [-0.2, 0) is 58.2 Å². The maximum absolute atomic E-state index is 12.2. The number of sulfone groups is 2. The molecule has 1 aliphatic carbocycles. The quantitative estimate of drug-likeness (QED) is 0.175. The van der Waals surface area contributed by atoms with Gasteiger partial charge >= 0.3 is 0 Å². The van der Waals surface area contributed by atoms with E-state index in [1.807, 2.05) is 9.83 Å². The molecule has 0 bridgehead atoms. The number of nitrogens with zero attached hydrogens (tertiary/aromatic N) is 6. The first-order valence-electron chi connectivity index (χ1n) is 15.4. The van der Waals surface area contributed by atoms with Crippen LogP contribution in [0.1, 0.15) is 31.2 Å². The first kappa shape index (κ1) is 47.2. The number of rotatable bonds is 5. The van der Waals surface area contributed by atoms with E-state index in [1.165, 1.54) is 6.26 Å². The third-order valence-electron chi connectivity index (χ3n) is 7.87. The molecule has 2 aromatic heterocycles. The Balaban J connectivity index is 0.000000291. The molecule has 6 heterocycles. The fourth-order valence-electron chi connectivity index (χ4n) is 5.59. The third-order valence-corrected chi connectivity index (χ3v) is 12.9. The van der Waals surface area contributed by atoms with Gasteiger partial charge in [-0.1, -0.05) is 54.5 Å². The van der Waals surface area contributed by atoms with Crippen molar-refractivity contribution in [3.8, 4) is 11.5 Å². The van der Waals surface area contributed by atoms with Crippen LogP contribution in [0.5, 0.6) is 11.5 Å². The molecule has 289 valence electrons. The Morgan fingerprint density at radius 2 is 1.25 bits per heavy atom. The van der Waals surface area contributed by atoms with Crippen LogP contribution in [-0.4, -0.2) is 130 Å². The third kappa shape index (κ3) is 12.0. The molecule has 1 radical (unpaired) electrons. The van der Waals surface area contributed by atoms with Crippen LogP contribution in [0, 0.1) is 6.92 Å². The Labute approximate surface area is 353 Å². The minimum Gasteiger partial charge on any atom is -0.486 e. The number of alkyl halides is 3. The van der Waals surface area contributed by atoms with Gasteiger partial charge in [0.2, 0.25) is 10.6 Å². The summed E-state index contributed by atoms with van der Waals surface area (Å²) in [5.74, 6) is 1.81. The van der Waals surface area contributed by atoms with Crippen molar-refractivity contribution in [3.05, 3.63) is 28.9 Å². The van der Waals surface area contributed by atoms with Gasteiger partial charge < -0.3 is 35.7 Å². The molecule has 3 fully saturated rings. The summed E-state index contributed by atoms with van der Waals surface area (Å²) >= 11 is 20.5. The van der Waals surface area contributed by atoms with Crippen molar-refractivity contribution >= 4 is 109 Å². The zero-order valence-electron chi connectivity index (χ0n) is 28.7. The number of hydrogen-bond donors (Lipinski definition) is 0. The van der Waals surface area contributed by atoms with Gasteiger partial charge in [-0.3, -0.25) is 0 Å². The van der Waals surface area contributed by atoms with Crippen molar-refractivity contribution in [1.29, 1.82) is 0 Å². The zero-order chi connectivity index (χ0) is 37.3. The number of aromatic nitrogens is 4. The van der Waals surface area contributed by atoms with Gasteiger partial charge in [0.25, 0.3) is 0 Å². The predicted octanol–water partition coefficient (Wildman–Crippen LogP) is 4.70. The van der Waals surface area contributed by atoms with Crippen molar-refractivity contribution in [2.24, 2.45) is 0 Å². The van der Waals surface area contributed by atoms with Gasteiger partial charge in [0.05, 0.1) is 44.3 Å². The van der Waals surface area contributed by atoms with E-state index in [0.29, 0.717) is 100 Å². The van der Waals surface area contributed by atoms with E-state index in [4.69, 9.17) is 42.1 Å². The first-order chi connectivity index (χ1) is 23.8. The average Bonchev–Trinajstić information content (AvgIpc) is 3.92. The van der Waals surface area contributed by atoms with Gasteiger partial charge in [0, 0.05) is 54.8 Å². The maximum Gasteiger partial charge on any atom is 0.224 e. The Morgan fingerprint density at radius 1 is 0.804 bits per heavy atom. The summed E-state index contributed by atoms with van der Waals surface area (Å²) in [6, 6.07) is 0.154. The standard InChI is InChI=1S/C13H16ClN3O4S.C11H14ClN3O4S.C2H4Br2.C2H5.CH3I.V/c1-22(18,19)13(2-3-13)10-9-11(16-12(14)15-10)17-4-5-20-6-8(17)7-21-9;1-20(16,17)6-8-9-10(14-11(12)13-8)15-2-3-18-4-7(15)5-19-9;3-1-2-4;2*1-2;/h8H,2-7H2,1H3;7H,2-6H2,1H3;1-2H2;1H2,2H3;1H3;/q;;;-1;;. The second kappa shape index (κ2) is 21.4. The molecular weight excluding hydrogens is 1030 g/mol. The molecule has 0 amide bonds. The second-order valence-corrected chi connectivity index (χ2v) is 18.0. The summed E-state index contributed by atoms with van der Waals surface area (Å²) in [6.07, 6.45) is 3.47. The SMILES string of the molecule is BrCCBr.CI.CS(=O)(=O)C1(c2nc(Cl)nc3c2OCC2COCCN32)CC1.CS(=O)(=O)Cc1nc(Cl)nc2c1OCC1COCCN21.[CH2-]C.[V]. The first-order valence-corrected chi connectivity index (χ1v) is 24.6. The maximum atomic E-state index is 12.2. The molecule has 2 saturated heterocycles. The Kier molecular flexibility index (Phi) is 19.8. The number of morpholine rings is 2. The fraction of sp³-hybridized carbons (Fsp3) is 0.690. The van der Waals surface area contributed by atoms with Crippen LogP contribution in [0.15, 0.2) is 0 Å². The van der Waals surface area contributed by atoms with Gasteiger partial charge in [-0.05, 0) is 41.0 Å². The van der Waals surface area contributed by atoms with Gasteiger partial charge in [-0.25, -0.2) is 26.8 Å². The van der Waals surface area contributed by atoms with Crippen LogP contribution in [0.25, 0.3) is 0 Å². The molecule has 7 rings (SSSR count). The van der Waals surface area contributed by atoms with E-state index < -0.39 is 24.4 Å². The molecule has 0 aromatic carbocycles. The van der Waals surface area contributed by atoms with Crippen LogP contribution in [0.4, 0.5) is 11.6 Å². The minimum atomic E-state index is -3.30. The second-order valence-electron chi connectivity index (χ2n) is 11.3. The molecule has 51 heavy (non-hydrogen) atoms. The minimum absolute atomic E-state index is 0. The predicted molar refractivity (Wildman–Crippen MR) is 212 cm³/mol. The number of halogens is 5. The van der Waals surface area contributed by atoms with Crippen LogP contribution in [0.3, 0.4) is 0 Å². The smallest absolute Gasteiger partial charge is 0.224 e. The summed E-state index contributed by atoms with van der Waals surface area (Å²) in [5.41, 5.74) is 0.724. The normalized spacial score (nSPS) is 20.6. The summed E-state index contributed by atoms with van der Waals surface area (Å²) in [5, 5.41) is 2.18. The van der Waals surface area contributed by atoms with E-state index in [9.17, 15) is 16.8 Å². The number of fused-ring (bicyclic) bond motifs is 6. The van der Waals surface area contributed by atoms with E-state index in [1.54, 1.807) is 6.92 Å². The topological polar surface area (TPSA) is 163 Å². The molecule has 2 atom stereocenters. The van der Waals surface area contributed by atoms with Gasteiger partial charge in [0.1, 0.15) is 29.3 Å². The van der Waals surface area contributed by atoms with Crippen LogP contribution < -0.4 is 19.3 Å². The van der Waals surface area contributed by atoms with Crippen molar-refractivity contribution in [2.45, 2.75) is 42.3 Å². The van der Waals surface area contributed by atoms with Crippen molar-refractivity contribution in [3.63, 3.8) is 0 Å². The molecule has 2 aromatic rings. The zero-order valence-corrected chi connectivity index (χ0v) is 38.5. The van der Waals surface area contributed by atoms with Crippen LogP contribution in [0.2, 0.25) is 10.6 Å². The van der Waals surface area contributed by atoms with Gasteiger partial charge in [0.15, 0.2) is 42.8 Å². The van der Waals surface area contributed by atoms with E-state index in [0.717, 1.165) is 16.9 Å². The molecule has 1 saturated carbocycles. The molecule has 0 N–H and O–H groups in total. The summed E-state index contributed by atoms with van der Waals surface area (Å²) in [6.45, 7) is 9.53. The molecule has 2 unspecified atom stereocenters. The summed E-state index contributed by atoms with van der Waals surface area (Å²) < 4.78 is 68.8. The molecular formula is C29H42Br2Cl2IN6O8S2V-. The number of ether oxygens (including phenoxy) is 4. The Bertz CT molecular complexity index is 1670. The monoisotopic (exact) mass is 1070 g/mol. The summed E-state index contributed by atoms with van der Waals surface area (Å²) in [4.78, 5) is 22.8. The largest absolute Gasteiger partial charge is 0.486 e. The average molecular weight is 1080 g/mol.